The fourth-order valence-electron chi connectivity index (χ4n) is 4.32. The van der Waals surface area contributed by atoms with Crippen LogP contribution < -0.4 is 14.8 Å². The molecule has 1 aromatic carbocycles. The van der Waals surface area contributed by atoms with Gasteiger partial charge in [0.25, 0.3) is 0 Å². The third kappa shape index (κ3) is 5.21. The van der Waals surface area contributed by atoms with Gasteiger partial charge in [0.1, 0.15) is 5.75 Å². The molecule has 0 bridgehead atoms. The molecule has 0 aliphatic carbocycles. The minimum absolute atomic E-state index is 0.0108. The average molecular weight is 384 g/mol. The van der Waals surface area contributed by atoms with E-state index in [9.17, 15) is 8.42 Å². The summed E-state index contributed by atoms with van der Waals surface area (Å²) < 4.78 is 34.6. The monoisotopic (exact) mass is 383 g/mol. The summed E-state index contributed by atoms with van der Waals surface area (Å²) in [4.78, 5) is 0.315. The van der Waals surface area contributed by atoms with Crippen LogP contribution in [0.4, 0.5) is 0 Å². The molecular weight excluding hydrogens is 348 g/mol. The third-order valence-corrected chi connectivity index (χ3v) is 6.38. The minimum Gasteiger partial charge on any atom is -0.494 e. The van der Waals surface area contributed by atoms with E-state index in [1.165, 1.54) is 0 Å². The third-order valence-electron chi connectivity index (χ3n) is 4.86. The van der Waals surface area contributed by atoms with E-state index in [2.05, 4.69) is 37.7 Å². The number of rotatable bonds is 6. The number of nitrogens with one attached hydrogen (secondary N) is 1. The molecular formula is C20H35N2O3S+. The maximum Gasteiger partial charge on any atom is 0.240 e. The molecule has 5 nitrogen and oxygen atoms in total. The van der Waals surface area contributed by atoms with Gasteiger partial charge in [-0.1, -0.05) is 13.8 Å². The van der Waals surface area contributed by atoms with Crippen molar-refractivity contribution in [2.75, 3.05) is 6.61 Å². The smallest absolute Gasteiger partial charge is 0.240 e. The number of hydrogen-bond donors (Lipinski definition) is 2. The number of quaternary nitrogens is 1. The maximum absolute atomic E-state index is 13.0. The first-order chi connectivity index (χ1) is 11.9. The zero-order valence-electron chi connectivity index (χ0n) is 17.2. The SMILES string of the molecule is CCOc1ccc(S(=O)(=O)NC2CC(C)(C)[NH2+]C(C)(C)C2)cc1C(C)C. The summed E-state index contributed by atoms with van der Waals surface area (Å²) in [6.07, 6.45) is 1.62. The summed E-state index contributed by atoms with van der Waals surface area (Å²) in [7, 11) is -3.57. The fourth-order valence-corrected chi connectivity index (χ4v) is 5.59. The van der Waals surface area contributed by atoms with E-state index >= 15 is 0 Å². The van der Waals surface area contributed by atoms with Gasteiger partial charge in [-0.2, -0.15) is 0 Å². The zero-order valence-corrected chi connectivity index (χ0v) is 18.0. The van der Waals surface area contributed by atoms with E-state index in [0.717, 1.165) is 24.2 Å². The lowest BCUT2D eigenvalue weighted by Crippen LogP contribution is -3.06. The standard InChI is InChI=1S/C20H34N2O3S/c1-8-25-18-10-9-16(11-17(18)14(2)3)26(23,24)21-15-12-19(4,5)22-20(6,7)13-15/h9-11,14-15,21-22H,8,12-13H2,1-7H3/p+1. The summed E-state index contributed by atoms with van der Waals surface area (Å²) in [6.45, 7) is 15.3. The first kappa shape index (κ1) is 21.2. The van der Waals surface area contributed by atoms with Gasteiger partial charge in [-0.25, -0.2) is 13.1 Å². The molecule has 0 amide bonds. The van der Waals surface area contributed by atoms with Crippen LogP contribution in [-0.2, 0) is 10.0 Å². The van der Waals surface area contributed by atoms with Crippen LogP contribution in [0.25, 0.3) is 0 Å². The Morgan fingerprint density at radius 3 is 2.27 bits per heavy atom. The Balaban J connectivity index is 2.28. The Labute approximate surface area is 159 Å². The van der Waals surface area contributed by atoms with Crippen LogP contribution in [-0.4, -0.2) is 32.1 Å². The van der Waals surface area contributed by atoms with Crippen molar-refractivity contribution in [2.45, 2.75) is 89.2 Å². The molecule has 2 rings (SSSR count). The van der Waals surface area contributed by atoms with Gasteiger partial charge in [-0.3, -0.25) is 0 Å². The largest absolute Gasteiger partial charge is 0.494 e. The normalized spacial score (nSPS) is 20.3. The second kappa shape index (κ2) is 7.49. The van der Waals surface area contributed by atoms with Gasteiger partial charge in [-0.15, -0.1) is 0 Å². The molecule has 0 unspecified atom stereocenters. The first-order valence-corrected chi connectivity index (χ1v) is 11.0. The van der Waals surface area contributed by atoms with Gasteiger partial charge >= 0.3 is 0 Å². The van der Waals surface area contributed by atoms with E-state index in [4.69, 9.17) is 4.74 Å². The highest BCUT2D eigenvalue weighted by Crippen LogP contribution is 2.30. The van der Waals surface area contributed by atoms with Gasteiger partial charge in [0.05, 0.1) is 22.6 Å². The average Bonchev–Trinajstić information content (AvgIpc) is 2.43. The van der Waals surface area contributed by atoms with Gasteiger partial charge in [0.2, 0.25) is 10.0 Å². The lowest BCUT2D eigenvalue weighted by Gasteiger charge is -2.43. The molecule has 26 heavy (non-hydrogen) atoms. The molecule has 0 aromatic heterocycles. The molecule has 6 heteroatoms. The molecule has 0 saturated carbocycles. The summed E-state index contributed by atoms with van der Waals surface area (Å²) in [5.41, 5.74) is 0.945. The quantitative estimate of drug-likeness (QED) is 0.793. The van der Waals surface area contributed by atoms with Crippen LogP contribution in [0.15, 0.2) is 23.1 Å². The number of benzene rings is 1. The summed E-state index contributed by atoms with van der Waals surface area (Å²) in [5.74, 6) is 0.949. The van der Waals surface area contributed by atoms with Crippen molar-refractivity contribution >= 4 is 10.0 Å². The van der Waals surface area contributed by atoms with Crippen molar-refractivity contribution in [3.05, 3.63) is 23.8 Å². The summed E-state index contributed by atoms with van der Waals surface area (Å²) in [6, 6.07) is 5.10. The molecule has 0 radical (unpaired) electrons. The van der Waals surface area contributed by atoms with Gasteiger partial charge in [0, 0.05) is 18.9 Å². The predicted octanol–water partition coefficient (Wildman–Crippen LogP) is 2.77. The Kier molecular flexibility index (Phi) is 6.10. The van der Waals surface area contributed by atoms with Crippen molar-refractivity contribution in [3.8, 4) is 5.75 Å². The molecule has 1 saturated heterocycles. The van der Waals surface area contributed by atoms with Crippen LogP contribution >= 0.6 is 0 Å². The van der Waals surface area contributed by atoms with Crippen LogP contribution in [0, 0.1) is 0 Å². The van der Waals surface area contributed by atoms with Crippen molar-refractivity contribution < 1.29 is 18.5 Å². The fraction of sp³-hybridized carbons (Fsp3) is 0.700. The van der Waals surface area contributed by atoms with Gasteiger partial charge < -0.3 is 10.1 Å². The van der Waals surface area contributed by atoms with E-state index in [0.29, 0.717) is 11.5 Å². The molecule has 0 spiro atoms. The lowest BCUT2D eigenvalue weighted by atomic mass is 9.80. The second-order valence-electron chi connectivity index (χ2n) is 9.14. The molecule has 1 aliphatic rings. The molecule has 1 aliphatic heterocycles. The summed E-state index contributed by atoms with van der Waals surface area (Å²) >= 11 is 0. The number of piperidine rings is 1. The zero-order chi connectivity index (χ0) is 19.8. The number of sulfonamides is 1. The molecule has 0 atom stereocenters. The van der Waals surface area contributed by atoms with Crippen LogP contribution in [0.2, 0.25) is 0 Å². The number of hydrogen-bond acceptors (Lipinski definition) is 3. The van der Waals surface area contributed by atoms with Gasteiger partial charge in [0.15, 0.2) is 0 Å². The molecule has 1 aromatic rings. The topological polar surface area (TPSA) is 72.0 Å². The molecule has 1 heterocycles. The van der Waals surface area contributed by atoms with Crippen LogP contribution in [0.3, 0.4) is 0 Å². The number of ether oxygens (including phenoxy) is 1. The van der Waals surface area contributed by atoms with Crippen molar-refractivity contribution in [1.29, 1.82) is 0 Å². The molecule has 148 valence electrons. The molecule has 3 N–H and O–H groups in total. The van der Waals surface area contributed by atoms with Crippen molar-refractivity contribution in [1.82, 2.24) is 4.72 Å². The summed E-state index contributed by atoms with van der Waals surface area (Å²) in [5, 5.41) is 2.35. The van der Waals surface area contributed by atoms with Crippen molar-refractivity contribution in [2.24, 2.45) is 0 Å². The second-order valence-corrected chi connectivity index (χ2v) is 10.8. The van der Waals surface area contributed by atoms with E-state index < -0.39 is 10.0 Å². The number of nitrogens with two attached hydrogens (primary N) is 1. The van der Waals surface area contributed by atoms with E-state index in [1.807, 2.05) is 20.8 Å². The maximum atomic E-state index is 13.0. The Bertz CT molecular complexity index is 723. The molecule has 1 fully saturated rings. The van der Waals surface area contributed by atoms with Gasteiger partial charge in [-0.05, 0) is 64.3 Å². The highest BCUT2D eigenvalue weighted by atomic mass is 32.2. The van der Waals surface area contributed by atoms with Crippen molar-refractivity contribution in [3.63, 3.8) is 0 Å². The highest BCUT2D eigenvalue weighted by Gasteiger charge is 2.42. The first-order valence-electron chi connectivity index (χ1n) is 9.51. The lowest BCUT2D eigenvalue weighted by molar-refractivity contribution is -0.787. The Morgan fingerprint density at radius 2 is 1.77 bits per heavy atom. The highest BCUT2D eigenvalue weighted by molar-refractivity contribution is 7.89. The predicted molar refractivity (Wildman–Crippen MR) is 105 cm³/mol. The van der Waals surface area contributed by atoms with Crippen LogP contribution in [0.1, 0.15) is 72.8 Å². The minimum atomic E-state index is -3.57. The van der Waals surface area contributed by atoms with E-state index in [-0.39, 0.29) is 23.0 Å². The van der Waals surface area contributed by atoms with E-state index in [1.54, 1.807) is 18.2 Å². The Hall–Kier alpha value is -1.11. The Morgan fingerprint density at radius 1 is 1.19 bits per heavy atom. The van der Waals surface area contributed by atoms with Crippen LogP contribution in [0.5, 0.6) is 5.75 Å².